The van der Waals surface area contributed by atoms with Gasteiger partial charge in [-0.15, -0.1) is 0 Å². The van der Waals surface area contributed by atoms with Gasteiger partial charge in [0.1, 0.15) is 0 Å². The van der Waals surface area contributed by atoms with Gasteiger partial charge in [-0.05, 0) is 30.7 Å². The van der Waals surface area contributed by atoms with Crippen molar-refractivity contribution in [2.45, 2.75) is 13.5 Å². The summed E-state index contributed by atoms with van der Waals surface area (Å²) in [5.41, 5.74) is 3.02. The zero-order valence-electron chi connectivity index (χ0n) is 14.7. The monoisotopic (exact) mass is 444 g/mol. The third kappa shape index (κ3) is 5.49. The summed E-state index contributed by atoms with van der Waals surface area (Å²) >= 11 is 3.41. The van der Waals surface area contributed by atoms with Crippen LogP contribution in [0.1, 0.15) is 21.5 Å². The molecule has 3 aromatic rings. The Bertz CT molecular complexity index is 944. The lowest BCUT2D eigenvalue weighted by Crippen LogP contribution is -3.00. The van der Waals surface area contributed by atoms with Gasteiger partial charge in [0.2, 0.25) is 6.54 Å². The third-order valence-corrected chi connectivity index (χ3v) is 4.47. The molecule has 0 aliphatic heterocycles. The molecule has 1 heterocycles. The molecule has 27 heavy (non-hydrogen) atoms. The second kappa shape index (κ2) is 9.44. The molecule has 6 heteroatoms. The highest BCUT2D eigenvalue weighted by atomic mass is 79.9. The fraction of sp³-hybridized carbons (Fsp3) is 0.0952. The first-order chi connectivity index (χ1) is 12.5. The number of hydrogen-bond acceptors (Lipinski definition) is 2. The molecule has 0 aliphatic rings. The van der Waals surface area contributed by atoms with Crippen molar-refractivity contribution in [3.05, 3.63) is 94.2 Å². The topological polar surface area (TPSA) is 50.1 Å². The number of nitrogens with one attached hydrogen (secondary N) is 1. The summed E-state index contributed by atoms with van der Waals surface area (Å²) in [5.74, 6) is -0.157. The first kappa shape index (κ1) is 20.8. The maximum atomic E-state index is 12.4. The normalized spacial score (nSPS) is 10.0. The van der Waals surface area contributed by atoms with Crippen molar-refractivity contribution in [1.82, 2.24) is 0 Å². The van der Waals surface area contributed by atoms with Crippen molar-refractivity contribution in [3.8, 4) is 0 Å². The van der Waals surface area contributed by atoms with Gasteiger partial charge in [0.15, 0.2) is 18.2 Å². The standard InChI is InChI=1S/C21H17BrN2O2.ClH/c1-15-13-18(22)7-8-19(15)23-20(25)14-24-11-9-17(10-12-24)21(26)16-5-3-2-4-6-16;/h2-13H,14H2,1H3;1H. The Labute approximate surface area is 172 Å². The Hall–Kier alpha value is -2.50. The van der Waals surface area contributed by atoms with E-state index in [4.69, 9.17) is 0 Å². The number of aromatic nitrogens is 1. The predicted octanol–water partition coefficient (Wildman–Crippen LogP) is 0.919. The number of ketones is 1. The van der Waals surface area contributed by atoms with Crippen LogP contribution in [0.4, 0.5) is 5.69 Å². The third-order valence-electron chi connectivity index (χ3n) is 3.98. The van der Waals surface area contributed by atoms with Gasteiger partial charge in [-0.2, -0.15) is 4.57 Å². The number of halogens is 2. The maximum absolute atomic E-state index is 12.4. The second-order valence-electron chi connectivity index (χ2n) is 5.96. The van der Waals surface area contributed by atoms with E-state index in [0.29, 0.717) is 11.1 Å². The highest BCUT2D eigenvalue weighted by Crippen LogP contribution is 2.19. The van der Waals surface area contributed by atoms with E-state index in [9.17, 15) is 9.59 Å². The van der Waals surface area contributed by atoms with Gasteiger partial charge in [0.25, 0.3) is 5.91 Å². The van der Waals surface area contributed by atoms with Gasteiger partial charge in [-0.1, -0.05) is 46.3 Å². The molecule has 138 valence electrons. The number of hydrogen-bond donors (Lipinski definition) is 1. The van der Waals surface area contributed by atoms with E-state index >= 15 is 0 Å². The molecule has 0 atom stereocenters. The van der Waals surface area contributed by atoms with E-state index in [1.54, 1.807) is 41.2 Å². The van der Waals surface area contributed by atoms with Crippen molar-refractivity contribution < 1.29 is 26.6 Å². The average molecular weight is 446 g/mol. The number of benzene rings is 2. The Morgan fingerprint density at radius 1 is 0.963 bits per heavy atom. The van der Waals surface area contributed by atoms with E-state index in [2.05, 4.69) is 21.2 Å². The molecule has 4 nitrogen and oxygen atoms in total. The lowest BCUT2D eigenvalue weighted by Gasteiger charge is -2.07. The molecule has 0 aliphatic carbocycles. The van der Waals surface area contributed by atoms with Crippen molar-refractivity contribution in [1.29, 1.82) is 0 Å². The fourth-order valence-electron chi connectivity index (χ4n) is 2.59. The summed E-state index contributed by atoms with van der Waals surface area (Å²) in [6, 6.07) is 18.3. The van der Waals surface area contributed by atoms with Crippen LogP contribution in [0.2, 0.25) is 0 Å². The van der Waals surface area contributed by atoms with Gasteiger partial charge in [-0.3, -0.25) is 9.59 Å². The van der Waals surface area contributed by atoms with Gasteiger partial charge >= 0.3 is 0 Å². The summed E-state index contributed by atoms with van der Waals surface area (Å²) in [6.45, 7) is 2.12. The minimum Gasteiger partial charge on any atom is -1.00 e. The summed E-state index contributed by atoms with van der Waals surface area (Å²) in [4.78, 5) is 24.6. The molecule has 0 unspecified atom stereocenters. The number of anilines is 1. The molecule has 1 amide bonds. The first-order valence-corrected chi connectivity index (χ1v) is 8.97. The Kier molecular flexibility index (Phi) is 7.28. The zero-order valence-corrected chi connectivity index (χ0v) is 17.0. The number of aryl methyl sites for hydroxylation is 1. The summed E-state index contributed by atoms with van der Waals surface area (Å²) in [5, 5.41) is 2.90. The fourth-order valence-corrected chi connectivity index (χ4v) is 3.07. The molecular formula is C21H18BrClN2O2. The van der Waals surface area contributed by atoms with E-state index in [1.807, 2.05) is 43.3 Å². The predicted molar refractivity (Wildman–Crippen MR) is 104 cm³/mol. The quantitative estimate of drug-likeness (QED) is 0.469. The molecule has 0 saturated carbocycles. The van der Waals surface area contributed by atoms with Crippen molar-refractivity contribution in [2.24, 2.45) is 0 Å². The average Bonchev–Trinajstić information content (AvgIpc) is 2.65. The van der Waals surface area contributed by atoms with Crippen molar-refractivity contribution in [2.75, 3.05) is 5.32 Å². The number of carbonyl (C=O) groups is 2. The molecule has 1 N–H and O–H groups in total. The minimum atomic E-state index is -0.123. The van der Waals surface area contributed by atoms with Crippen LogP contribution in [0.25, 0.3) is 0 Å². The van der Waals surface area contributed by atoms with Crippen LogP contribution in [0.3, 0.4) is 0 Å². The highest BCUT2D eigenvalue weighted by Gasteiger charge is 2.13. The second-order valence-corrected chi connectivity index (χ2v) is 6.88. The summed E-state index contributed by atoms with van der Waals surface area (Å²) in [6.07, 6.45) is 3.48. The first-order valence-electron chi connectivity index (χ1n) is 8.18. The van der Waals surface area contributed by atoms with Crippen LogP contribution in [0, 0.1) is 6.92 Å². The van der Waals surface area contributed by atoms with Gasteiger partial charge in [-0.25, -0.2) is 0 Å². The number of amides is 1. The van der Waals surface area contributed by atoms with Crippen LogP contribution < -0.4 is 22.3 Å². The van der Waals surface area contributed by atoms with Crippen molar-refractivity contribution in [3.63, 3.8) is 0 Å². The van der Waals surface area contributed by atoms with Crippen LogP contribution in [0.15, 0.2) is 77.5 Å². The van der Waals surface area contributed by atoms with Crippen molar-refractivity contribution >= 4 is 33.3 Å². The molecule has 0 fully saturated rings. The zero-order chi connectivity index (χ0) is 18.5. The Balaban J connectivity index is 0.00000261. The minimum absolute atomic E-state index is 0. The van der Waals surface area contributed by atoms with Crippen LogP contribution >= 0.6 is 15.9 Å². The lowest BCUT2D eigenvalue weighted by atomic mass is 10.0. The number of carbonyl (C=O) groups excluding carboxylic acids is 2. The van der Waals surface area contributed by atoms with E-state index in [0.717, 1.165) is 15.7 Å². The maximum Gasteiger partial charge on any atom is 0.290 e. The van der Waals surface area contributed by atoms with Gasteiger partial charge in [0.05, 0.1) is 0 Å². The van der Waals surface area contributed by atoms with Gasteiger partial charge < -0.3 is 17.7 Å². The molecule has 0 spiro atoms. The molecule has 0 saturated heterocycles. The molecular weight excluding hydrogens is 428 g/mol. The molecule has 3 rings (SSSR count). The largest absolute Gasteiger partial charge is 1.00 e. The summed E-state index contributed by atoms with van der Waals surface area (Å²) in [7, 11) is 0. The van der Waals surface area contributed by atoms with E-state index < -0.39 is 0 Å². The SMILES string of the molecule is Cc1cc(Br)ccc1NC(=O)C[n+]1ccc(C(=O)c2ccccc2)cc1.[Cl-]. The van der Waals surface area contributed by atoms with E-state index in [-0.39, 0.29) is 30.6 Å². The molecule has 0 bridgehead atoms. The Morgan fingerprint density at radius 3 is 2.22 bits per heavy atom. The van der Waals surface area contributed by atoms with Crippen LogP contribution in [-0.2, 0) is 11.3 Å². The van der Waals surface area contributed by atoms with Crippen LogP contribution in [-0.4, -0.2) is 11.7 Å². The molecule has 2 aromatic carbocycles. The summed E-state index contributed by atoms with van der Waals surface area (Å²) < 4.78 is 2.71. The van der Waals surface area contributed by atoms with Gasteiger partial charge in [0, 0.05) is 33.4 Å². The molecule has 0 radical (unpaired) electrons. The number of nitrogens with zero attached hydrogens (tertiary/aromatic N) is 1. The lowest BCUT2D eigenvalue weighted by molar-refractivity contribution is -0.684. The Morgan fingerprint density at radius 2 is 1.59 bits per heavy atom. The molecule has 1 aromatic heterocycles. The smallest absolute Gasteiger partial charge is 0.290 e. The van der Waals surface area contributed by atoms with E-state index in [1.165, 1.54) is 0 Å². The number of rotatable bonds is 5. The van der Waals surface area contributed by atoms with Crippen LogP contribution in [0.5, 0.6) is 0 Å². The number of pyridine rings is 1. The highest BCUT2D eigenvalue weighted by molar-refractivity contribution is 9.10.